The van der Waals surface area contributed by atoms with Gasteiger partial charge in [-0.3, -0.25) is 4.99 Å². The Kier molecular flexibility index (Phi) is 1.62. The number of H-pyrrole nitrogens is 1. The molecular weight excluding hydrogens is 188 g/mol. The maximum Gasteiger partial charge on any atom is 0.141 e. The van der Waals surface area contributed by atoms with Crippen molar-refractivity contribution in [1.82, 2.24) is 9.97 Å². The number of amidine groups is 1. The quantitative estimate of drug-likeness (QED) is 0.725. The number of hydrogen-bond acceptors (Lipinski definition) is 3. The standard InChI is InChI=1S/C11H10N4/c12-10-7(5-6-13-10)11-14-8-3-1-2-4-9(8)15-11/h1-5H,6H2,(H2,12,13)(H,14,15). The number of nitrogens with one attached hydrogen (secondary N) is 1. The van der Waals surface area contributed by atoms with Crippen molar-refractivity contribution < 1.29 is 0 Å². The number of rotatable bonds is 1. The molecule has 2 aromatic rings. The minimum Gasteiger partial charge on any atom is -0.383 e. The van der Waals surface area contributed by atoms with Crippen LogP contribution in [-0.2, 0) is 0 Å². The number of hydrogen-bond donors (Lipinski definition) is 2. The van der Waals surface area contributed by atoms with Crippen molar-refractivity contribution in [3.8, 4) is 0 Å². The van der Waals surface area contributed by atoms with E-state index in [2.05, 4.69) is 15.0 Å². The molecule has 0 unspecified atom stereocenters. The molecule has 0 saturated carbocycles. The van der Waals surface area contributed by atoms with Crippen LogP contribution < -0.4 is 5.73 Å². The molecular formula is C11H10N4. The second-order valence-electron chi connectivity index (χ2n) is 3.45. The molecule has 1 aromatic heterocycles. The van der Waals surface area contributed by atoms with Crippen LogP contribution in [0.4, 0.5) is 0 Å². The Hall–Kier alpha value is -2.10. The number of nitrogens with two attached hydrogens (primary N) is 1. The number of aromatic nitrogens is 2. The third-order valence-electron chi connectivity index (χ3n) is 2.48. The van der Waals surface area contributed by atoms with Crippen LogP contribution >= 0.6 is 0 Å². The number of aliphatic imine (C=N–C) groups is 1. The Bertz CT molecular complexity index is 544. The fourth-order valence-electron chi connectivity index (χ4n) is 1.72. The van der Waals surface area contributed by atoms with E-state index in [0.717, 1.165) is 22.4 Å². The Morgan fingerprint density at radius 1 is 1.27 bits per heavy atom. The summed E-state index contributed by atoms with van der Waals surface area (Å²) < 4.78 is 0. The van der Waals surface area contributed by atoms with Crippen molar-refractivity contribution in [2.24, 2.45) is 10.7 Å². The minimum atomic E-state index is 0.564. The molecule has 0 bridgehead atoms. The number of aromatic amines is 1. The lowest BCUT2D eigenvalue weighted by molar-refractivity contribution is 1.27. The third kappa shape index (κ3) is 1.22. The fraction of sp³-hybridized carbons (Fsp3) is 0.0909. The van der Waals surface area contributed by atoms with Gasteiger partial charge >= 0.3 is 0 Å². The summed E-state index contributed by atoms with van der Waals surface area (Å²) >= 11 is 0. The predicted octanol–water partition coefficient (Wildman–Crippen LogP) is 1.32. The highest BCUT2D eigenvalue weighted by Crippen LogP contribution is 2.19. The van der Waals surface area contributed by atoms with Gasteiger partial charge in [0.25, 0.3) is 0 Å². The van der Waals surface area contributed by atoms with Gasteiger partial charge in [0.05, 0.1) is 23.2 Å². The zero-order valence-electron chi connectivity index (χ0n) is 8.07. The van der Waals surface area contributed by atoms with Crippen molar-refractivity contribution in [3.05, 3.63) is 36.2 Å². The van der Waals surface area contributed by atoms with E-state index in [1.165, 1.54) is 0 Å². The molecule has 4 heteroatoms. The molecule has 1 aliphatic rings. The van der Waals surface area contributed by atoms with Crippen molar-refractivity contribution in [1.29, 1.82) is 0 Å². The average molecular weight is 198 g/mol. The highest BCUT2D eigenvalue weighted by Gasteiger charge is 2.14. The minimum absolute atomic E-state index is 0.564. The molecule has 4 nitrogen and oxygen atoms in total. The molecule has 0 atom stereocenters. The lowest BCUT2D eigenvalue weighted by Crippen LogP contribution is -2.11. The highest BCUT2D eigenvalue weighted by atomic mass is 15.0. The molecule has 1 aromatic carbocycles. The number of para-hydroxylation sites is 2. The number of imidazole rings is 1. The van der Waals surface area contributed by atoms with E-state index in [1.54, 1.807) is 0 Å². The molecule has 15 heavy (non-hydrogen) atoms. The van der Waals surface area contributed by atoms with Gasteiger partial charge in [0, 0.05) is 0 Å². The summed E-state index contributed by atoms with van der Waals surface area (Å²) in [5.41, 5.74) is 8.64. The Morgan fingerprint density at radius 2 is 2.13 bits per heavy atom. The second-order valence-corrected chi connectivity index (χ2v) is 3.45. The topological polar surface area (TPSA) is 67.1 Å². The zero-order valence-corrected chi connectivity index (χ0v) is 8.07. The van der Waals surface area contributed by atoms with Gasteiger partial charge in [-0.05, 0) is 18.2 Å². The maximum absolute atomic E-state index is 5.75. The zero-order chi connectivity index (χ0) is 10.3. The van der Waals surface area contributed by atoms with Gasteiger partial charge < -0.3 is 10.7 Å². The van der Waals surface area contributed by atoms with E-state index >= 15 is 0 Å². The molecule has 0 spiro atoms. The van der Waals surface area contributed by atoms with Crippen molar-refractivity contribution in [2.75, 3.05) is 6.54 Å². The van der Waals surface area contributed by atoms with E-state index in [9.17, 15) is 0 Å². The van der Waals surface area contributed by atoms with Gasteiger partial charge in [-0.15, -0.1) is 0 Å². The predicted molar refractivity (Wildman–Crippen MR) is 60.6 cm³/mol. The van der Waals surface area contributed by atoms with Gasteiger partial charge in [0.1, 0.15) is 11.7 Å². The Morgan fingerprint density at radius 3 is 2.87 bits per heavy atom. The van der Waals surface area contributed by atoms with Crippen molar-refractivity contribution >= 4 is 22.4 Å². The number of fused-ring (bicyclic) bond motifs is 1. The van der Waals surface area contributed by atoms with Crippen LogP contribution in [0.5, 0.6) is 0 Å². The van der Waals surface area contributed by atoms with E-state index in [-0.39, 0.29) is 0 Å². The first-order chi connectivity index (χ1) is 7.34. The van der Waals surface area contributed by atoms with E-state index in [0.29, 0.717) is 12.4 Å². The second kappa shape index (κ2) is 2.95. The van der Waals surface area contributed by atoms with Crippen LogP contribution in [0.1, 0.15) is 5.82 Å². The number of benzene rings is 1. The normalized spacial score (nSPS) is 15.5. The van der Waals surface area contributed by atoms with Gasteiger partial charge in [0.15, 0.2) is 0 Å². The van der Waals surface area contributed by atoms with E-state index in [1.807, 2.05) is 30.3 Å². The molecule has 3 rings (SSSR count). The summed E-state index contributed by atoms with van der Waals surface area (Å²) in [7, 11) is 0. The summed E-state index contributed by atoms with van der Waals surface area (Å²) in [5.74, 6) is 1.36. The largest absolute Gasteiger partial charge is 0.383 e. The first kappa shape index (κ1) is 8.23. The lowest BCUT2D eigenvalue weighted by atomic mass is 10.2. The third-order valence-corrected chi connectivity index (χ3v) is 2.48. The molecule has 0 radical (unpaired) electrons. The van der Waals surface area contributed by atoms with Gasteiger partial charge in [-0.1, -0.05) is 12.1 Å². The first-order valence-electron chi connectivity index (χ1n) is 4.80. The van der Waals surface area contributed by atoms with Crippen LogP contribution in [0.3, 0.4) is 0 Å². The molecule has 0 fully saturated rings. The van der Waals surface area contributed by atoms with E-state index in [4.69, 9.17) is 5.73 Å². The summed E-state index contributed by atoms with van der Waals surface area (Å²) in [6.45, 7) is 0.651. The van der Waals surface area contributed by atoms with Gasteiger partial charge in [0.2, 0.25) is 0 Å². The fourth-order valence-corrected chi connectivity index (χ4v) is 1.72. The molecule has 0 amide bonds. The van der Waals surface area contributed by atoms with Crippen LogP contribution in [0, 0.1) is 0 Å². The maximum atomic E-state index is 5.75. The summed E-state index contributed by atoms with van der Waals surface area (Å²) in [5, 5.41) is 0. The van der Waals surface area contributed by atoms with Crippen LogP contribution in [0.25, 0.3) is 16.6 Å². The molecule has 1 aliphatic heterocycles. The molecule has 0 saturated heterocycles. The van der Waals surface area contributed by atoms with Crippen molar-refractivity contribution in [3.63, 3.8) is 0 Å². The average Bonchev–Trinajstić information content (AvgIpc) is 2.82. The molecule has 74 valence electrons. The lowest BCUT2D eigenvalue weighted by Gasteiger charge is -1.95. The first-order valence-corrected chi connectivity index (χ1v) is 4.80. The summed E-state index contributed by atoms with van der Waals surface area (Å²) in [6, 6.07) is 7.91. The molecule has 2 heterocycles. The molecule has 0 aliphatic carbocycles. The summed E-state index contributed by atoms with van der Waals surface area (Å²) in [6.07, 6.45) is 1.98. The highest BCUT2D eigenvalue weighted by molar-refractivity contribution is 6.22. The Balaban J connectivity index is 2.17. The smallest absolute Gasteiger partial charge is 0.141 e. The van der Waals surface area contributed by atoms with Gasteiger partial charge in [-0.2, -0.15) is 0 Å². The monoisotopic (exact) mass is 198 g/mol. The van der Waals surface area contributed by atoms with Crippen LogP contribution in [-0.4, -0.2) is 22.3 Å². The van der Waals surface area contributed by atoms with Gasteiger partial charge in [-0.25, -0.2) is 4.98 Å². The SMILES string of the molecule is NC1=NCC=C1c1nc2ccccc2[nH]1. The van der Waals surface area contributed by atoms with Crippen LogP contribution in [0.15, 0.2) is 35.3 Å². The Labute approximate surface area is 86.5 Å². The summed E-state index contributed by atoms with van der Waals surface area (Å²) in [4.78, 5) is 11.8. The molecule has 3 N–H and O–H groups in total. The number of nitrogens with zero attached hydrogens (tertiary/aromatic N) is 2. The van der Waals surface area contributed by atoms with Crippen LogP contribution in [0.2, 0.25) is 0 Å². The van der Waals surface area contributed by atoms with Crippen molar-refractivity contribution in [2.45, 2.75) is 0 Å². The van der Waals surface area contributed by atoms with E-state index < -0.39 is 0 Å².